The zero-order chi connectivity index (χ0) is 10.2. The summed E-state index contributed by atoms with van der Waals surface area (Å²) < 4.78 is 10.2. The number of rotatable bonds is 5. The van der Waals surface area contributed by atoms with E-state index in [1.54, 1.807) is 0 Å². The smallest absolute Gasteiger partial charge is 0.319 e. The molecular formula is C10H15NO3. The number of carbonyl (C=O) groups is 1. The molecule has 1 rings (SSSR count). The molecule has 0 aromatic rings. The van der Waals surface area contributed by atoms with Gasteiger partial charge in [-0.1, -0.05) is 5.92 Å². The van der Waals surface area contributed by atoms with Crippen molar-refractivity contribution in [3.8, 4) is 12.3 Å². The zero-order valence-corrected chi connectivity index (χ0v) is 8.12. The van der Waals surface area contributed by atoms with Gasteiger partial charge in [-0.15, -0.1) is 6.42 Å². The minimum atomic E-state index is -0.257. The summed E-state index contributed by atoms with van der Waals surface area (Å²) >= 11 is 0. The standard InChI is InChI=1S/C10H15NO3/c1-2-4-11-6-10(12)14-8-9-3-5-13-7-9/h1,9,11H,3-8H2. The molecule has 1 unspecified atom stereocenters. The Labute approximate surface area is 84.0 Å². The molecule has 0 saturated carbocycles. The van der Waals surface area contributed by atoms with E-state index in [2.05, 4.69) is 11.2 Å². The Kier molecular flexibility index (Phi) is 5.05. The van der Waals surface area contributed by atoms with Crippen LogP contribution in [0.3, 0.4) is 0 Å². The summed E-state index contributed by atoms with van der Waals surface area (Å²) in [4.78, 5) is 11.1. The lowest BCUT2D eigenvalue weighted by molar-refractivity contribution is -0.143. The van der Waals surface area contributed by atoms with Crippen molar-refractivity contribution < 1.29 is 14.3 Å². The summed E-state index contributed by atoms with van der Waals surface area (Å²) in [5.74, 6) is 2.49. The van der Waals surface area contributed by atoms with Crippen molar-refractivity contribution in [2.45, 2.75) is 6.42 Å². The van der Waals surface area contributed by atoms with Gasteiger partial charge in [0.25, 0.3) is 0 Å². The summed E-state index contributed by atoms with van der Waals surface area (Å²) in [6, 6.07) is 0. The molecule has 1 N–H and O–H groups in total. The topological polar surface area (TPSA) is 47.6 Å². The predicted octanol–water partition coefficient (Wildman–Crippen LogP) is -0.211. The molecule has 0 amide bonds. The van der Waals surface area contributed by atoms with E-state index in [-0.39, 0.29) is 12.5 Å². The van der Waals surface area contributed by atoms with E-state index in [1.165, 1.54) is 0 Å². The first-order valence-electron chi connectivity index (χ1n) is 4.70. The van der Waals surface area contributed by atoms with Gasteiger partial charge in [0.05, 0.1) is 26.3 Å². The minimum absolute atomic E-state index is 0.178. The van der Waals surface area contributed by atoms with Gasteiger partial charge in [0.2, 0.25) is 0 Å². The Balaban J connectivity index is 2.00. The number of hydrogen-bond donors (Lipinski definition) is 1. The molecule has 4 nitrogen and oxygen atoms in total. The fourth-order valence-corrected chi connectivity index (χ4v) is 1.21. The summed E-state index contributed by atoms with van der Waals surface area (Å²) in [6.07, 6.45) is 5.98. The first-order chi connectivity index (χ1) is 6.83. The molecule has 0 bridgehead atoms. The first kappa shape index (κ1) is 11.0. The van der Waals surface area contributed by atoms with Gasteiger partial charge < -0.3 is 9.47 Å². The Bertz CT molecular complexity index is 216. The highest BCUT2D eigenvalue weighted by molar-refractivity contribution is 5.71. The van der Waals surface area contributed by atoms with Gasteiger partial charge >= 0.3 is 5.97 Å². The van der Waals surface area contributed by atoms with E-state index in [9.17, 15) is 4.79 Å². The molecule has 0 aromatic carbocycles. The lowest BCUT2D eigenvalue weighted by atomic mass is 10.1. The summed E-state index contributed by atoms with van der Waals surface area (Å²) in [5.41, 5.74) is 0. The molecule has 1 aliphatic heterocycles. The van der Waals surface area contributed by atoms with Crippen molar-refractivity contribution in [1.82, 2.24) is 5.32 Å². The number of carbonyl (C=O) groups excluding carboxylic acids is 1. The van der Waals surface area contributed by atoms with Crippen LogP contribution in [0.25, 0.3) is 0 Å². The van der Waals surface area contributed by atoms with Crippen LogP contribution in [-0.4, -0.2) is 38.9 Å². The van der Waals surface area contributed by atoms with Gasteiger partial charge in [-0.2, -0.15) is 0 Å². The number of esters is 1. The highest BCUT2D eigenvalue weighted by atomic mass is 16.5. The number of hydrogen-bond acceptors (Lipinski definition) is 4. The van der Waals surface area contributed by atoms with Crippen molar-refractivity contribution >= 4 is 5.97 Å². The van der Waals surface area contributed by atoms with Gasteiger partial charge in [-0.3, -0.25) is 10.1 Å². The SMILES string of the molecule is C#CCNCC(=O)OCC1CCOC1. The van der Waals surface area contributed by atoms with Crippen molar-refractivity contribution in [2.75, 3.05) is 32.9 Å². The Morgan fingerprint density at radius 1 is 1.71 bits per heavy atom. The molecule has 78 valence electrons. The minimum Gasteiger partial charge on any atom is -0.464 e. The van der Waals surface area contributed by atoms with E-state index in [1.807, 2.05) is 0 Å². The largest absolute Gasteiger partial charge is 0.464 e. The second-order valence-electron chi connectivity index (χ2n) is 3.22. The summed E-state index contributed by atoms with van der Waals surface area (Å²) in [5, 5.41) is 2.77. The molecule has 0 aliphatic carbocycles. The van der Waals surface area contributed by atoms with Gasteiger partial charge in [-0.05, 0) is 6.42 Å². The third kappa shape index (κ3) is 4.26. The van der Waals surface area contributed by atoms with Crippen molar-refractivity contribution in [1.29, 1.82) is 0 Å². The molecule has 0 aromatic heterocycles. The van der Waals surface area contributed by atoms with Crippen LogP contribution in [0.2, 0.25) is 0 Å². The van der Waals surface area contributed by atoms with Gasteiger partial charge in [-0.25, -0.2) is 0 Å². The summed E-state index contributed by atoms with van der Waals surface area (Å²) in [6.45, 7) is 2.50. The maximum absolute atomic E-state index is 11.1. The van der Waals surface area contributed by atoms with Crippen molar-refractivity contribution in [2.24, 2.45) is 5.92 Å². The molecule has 1 heterocycles. The van der Waals surface area contributed by atoms with Gasteiger partial charge in [0.15, 0.2) is 0 Å². The molecule has 14 heavy (non-hydrogen) atoms. The molecule has 4 heteroatoms. The number of nitrogens with one attached hydrogen (secondary N) is 1. The Morgan fingerprint density at radius 2 is 2.57 bits per heavy atom. The van der Waals surface area contributed by atoms with E-state index in [0.29, 0.717) is 25.7 Å². The number of ether oxygens (including phenoxy) is 2. The Hall–Kier alpha value is -1.05. The van der Waals surface area contributed by atoms with Crippen LogP contribution < -0.4 is 5.32 Å². The van der Waals surface area contributed by atoms with E-state index in [0.717, 1.165) is 13.0 Å². The quantitative estimate of drug-likeness (QED) is 0.376. The summed E-state index contributed by atoms with van der Waals surface area (Å²) in [7, 11) is 0. The van der Waals surface area contributed by atoms with Crippen molar-refractivity contribution in [3.05, 3.63) is 0 Å². The number of terminal acetylenes is 1. The highest BCUT2D eigenvalue weighted by Crippen LogP contribution is 2.11. The predicted molar refractivity (Wildman–Crippen MR) is 51.6 cm³/mol. The molecule has 1 fully saturated rings. The van der Waals surface area contributed by atoms with Crippen LogP contribution in [-0.2, 0) is 14.3 Å². The first-order valence-corrected chi connectivity index (χ1v) is 4.70. The lowest BCUT2D eigenvalue weighted by Gasteiger charge is -2.08. The molecule has 1 saturated heterocycles. The van der Waals surface area contributed by atoms with Crippen LogP contribution in [0.1, 0.15) is 6.42 Å². The third-order valence-electron chi connectivity index (χ3n) is 2.00. The van der Waals surface area contributed by atoms with Crippen LogP contribution in [0, 0.1) is 18.3 Å². The monoisotopic (exact) mass is 197 g/mol. The van der Waals surface area contributed by atoms with Gasteiger partial charge in [0, 0.05) is 12.5 Å². The van der Waals surface area contributed by atoms with E-state index >= 15 is 0 Å². The normalized spacial score (nSPS) is 20.4. The van der Waals surface area contributed by atoms with Crippen LogP contribution in [0.15, 0.2) is 0 Å². The second kappa shape index (κ2) is 6.41. The zero-order valence-electron chi connectivity index (χ0n) is 8.12. The van der Waals surface area contributed by atoms with E-state index in [4.69, 9.17) is 15.9 Å². The van der Waals surface area contributed by atoms with Crippen molar-refractivity contribution in [3.63, 3.8) is 0 Å². The second-order valence-corrected chi connectivity index (χ2v) is 3.22. The fraction of sp³-hybridized carbons (Fsp3) is 0.700. The molecule has 1 aliphatic rings. The van der Waals surface area contributed by atoms with Crippen LogP contribution >= 0.6 is 0 Å². The van der Waals surface area contributed by atoms with Crippen LogP contribution in [0.4, 0.5) is 0 Å². The third-order valence-corrected chi connectivity index (χ3v) is 2.00. The average molecular weight is 197 g/mol. The highest BCUT2D eigenvalue weighted by Gasteiger charge is 2.17. The molecular weight excluding hydrogens is 182 g/mol. The lowest BCUT2D eigenvalue weighted by Crippen LogP contribution is -2.26. The molecule has 1 atom stereocenters. The van der Waals surface area contributed by atoms with E-state index < -0.39 is 0 Å². The molecule has 0 radical (unpaired) electrons. The maximum Gasteiger partial charge on any atom is 0.319 e. The fourth-order valence-electron chi connectivity index (χ4n) is 1.21. The maximum atomic E-state index is 11.1. The average Bonchev–Trinajstić information content (AvgIpc) is 2.68. The van der Waals surface area contributed by atoms with Gasteiger partial charge in [0.1, 0.15) is 0 Å². The van der Waals surface area contributed by atoms with Crippen LogP contribution in [0.5, 0.6) is 0 Å². The molecule has 0 spiro atoms. The Morgan fingerprint density at radius 3 is 3.21 bits per heavy atom.